The fourth-order valence-electron chi connectivity index (χ4n) is 4.04. The van der Waals surface area contributed by atoms with E-state index in [0.717, 1.165) is 22.0 Å². The van der Waals surface area contributed by atoms with Crippen molar-refractivity contribution in [3.8, 4) is 0 Å². The van der Waals surface area contributed by atoms with E-state index in [2.05, 4.69) is 5.32 Å². The summed E-state index contributed by atoms with van der Waals surface area (Å²) in [4.78, 5) is 84.0. The SMILES string of the molecule is CC(C)(C)CC(=O)CC(CNC(=O)OC(C)(C)C)N1C(=O)C=CC1=O.CC(C)(C)CC(=O)CCN1C(=O)C=CC1=O. The minimum atomic E-state index is -0.739. The van der Waals surface area contributed by atoms with E-state index in [0.29, 0.717) is 12.8 Å². The van der Waals surface area contributed by atoms with Crippen LogP contribution in [0, 0.1) is 10.8 Å². The van der Waals surface area contributed by atoms with E-state index in [-0.39, 0.29) is 60.1 Å². The Bertz CT molecular complexity index is 1060. The predicted octanol–water partition coefficient (Wildman–Crippen LogP) is 3.51. The smallest absolute Gasteiger partial charge is 0.407 e. The van der Waals surface area contributed by atoms with Gasteiger partial charge in [-0.1, -0.05) is 41.5 Å². The highest BCUT2D eigenvalue weighted by molar-refractivity contribution is 6.13. The number of nitrogens with one attached hydrogen (secondary N) is 1. The van der Waals surface area contributed by atoms with Gasteiger partial charge in [-0.25, -0.2) is 4.79 Å². The molecule has 0 aromatic carbocycles. The van der Waals surface area contributed by atoms with E-state index in [1.165, 1.54) is 12.2 Å². The number of nitrogens with zero attached hydrogens (tertiary/aromatic N) is 2. The number of carbonyl (C=O) groups excluding carboxylic acids is 7. The average molecular weight is 576 g/mol. The number of imide groups is 2. The minimum absolute atomic E-state index is 0.00771. The Morgan fingerprint density at radius 1 is 0.732 bits per heavy atom. The molecule has 0 aromatic heterocycles. The molecule has 1 atom stereocenters. The van der Waals surface area contributed by atoms with Gasteiger partial charge in [0.2, 0.25) is 0 Å². The van der Waals surface area contributed by atoms with Gasteiger partial charge in [0.25, 0.3) is 23.6 Å². The van der Waals surface area contributed by atoms with Crippen LogP contribution in [-0.2, 0) is 33.5 Å². The molecule has 2 aliphatic heterocycles. The molecule has 0 aliphatic carbocycles. The second kappa shape index (κ2) is 14.3. The maximum atomic E-state index is 12.3. The van der Waals surface area contributed by atoms with E-state index in [9.17, 15) is 33.6 Å². The number of alkyl carbamates (subject to hydrolysis) is 1. The fraction of sp³-hybridized carbons (Fsp3) is 0.633. The first-order valence-electron chi connectivity index (χ1n) is 13.7. The van der Waals surface area contributed by atoms with Gasteiger partial charge in [0.1, 0.15) is 17.2 Å². The van der Waals surface area contributed by atoms with Gasteiger partial charge in [0.15, 0.2) is 0 Å². The van der Waals surface area contributed by atoms with Crippen molar-refractivity contribution in [2.75, 3.05) is 13.1 Å². The van der Waals surface area contributed by atoms with E-state index < -0.39 is 29.6 Å². The number of hydrogen-bond donors (Lipinski definition) is 1. The zero-order chi connectivity index (χ0) is 31.8. The Hall–Kier alpha value is -3.63. The van der Waals surface area contributed by atoms with Crippen LogP contribution in [0.5, 0.6) is 0 Å². The summed E-state index contributed by atoms with van der Waals surface area (Å²) in [6, 6.07) is -0.739. The normalized spacial score (nSPS) is 16.1. The molecule has 0 spiro atoms. The van der Waals surface area contributed by atoms with Gasteiger partial charge >= 0.3 is 6.09 Å². The molecule has 0 saturated carbocycles. The second-order valence-electron chi connectivity index (χ2n) is 13.6. The highest BCUT2D eigenvalue weighted by Crippen LogP contribution is 2.22. The van der Waals surface area contributed by atoms with E-state index >= 15 is 0 Å². The minimum Gasteiger partial charge on any atom is -0.444 e. The molecule has 11 heteroatoms. The number of rotatable bonds is 10. The molecule has 5 amide bonds. The summed E-state index contributed by atoms with van der Waals surface area (Å²) in [7, 11) is 0. The van der Waals surface area contributed by atoms with Gasteiger partial charge in [0.05, 0.1) is 6.04 Å². The maximum Gasteiger partial charge on any atom is 0.407 e. The summed E-state index contributed by atoms with van der Waals surface area (Å²) in [5.41, 5.74) is -0.908. The van der Waals surface area contributed by atoms with Gasteiger partial charge in [0, 0.05) is 63.1 Å². The van der Waals surface area contributed by atoms with Crippen molar-refractivity contribution in [1.29, 1.82) is 0 Å². The van der Waals surface area contributed by atoms with Crippen molar-refractivity contribution in [1.82, 2.24) is 15.1 Å². The Morgan fingerprint density at radius 3 is 1.61 bits per heavy atom. The molecule has 2 rings (SSSR count). The third-order valence-electron chi connectivity index (χ3n) is 5.52. The first-order valence-corrected chi connectivity index (χ1v) is 13.7. The molecule has 2 heterocycles. The lowest BCUT2D eigenvalue weighted by Crippen LogP contribution is -2.48. The van der Waals surface area contributed by atoms with Gasteiger partial charge in [-0.15, -0.1) is 0 Å². The molecular weight excluding hydrogens is 530 g/mol. The molecule has 0 aromatic rings. The summed E-state index contributed by atoms with van der Waals surface area (Å²) in [5.74, 6) is -1.60. The van der Waals surface area contributed by atoms with Crippen LogP contribution in [-0.4, -0.2) is 75.8 Å². The summed E-state index contributed by atoms with van der Waals surface area (Å²) < 4.78 is 5.15. The molecule has 228 valence electrons. The largest absolute Gasteiger partial charge is 0.444 e. The van der Waals surface area contributed by atoms with Crippen LogP contribution < -0.4 is 5.32 Å². The number of carbonyl (C=O) groups is 7. The van der Waals surface area contributed by atoms with Gasteiger partial charge in [-0.05, 0) is 31.6 Å². The Balaban J connectivity index is 0.000000452. The standard InChI is InChI=1S/C18H28N2O5.C12H17NO3/c1-17(2,3)10-13(21)9-12(20-14(22)7-8-15(20)23)11-19-16(24)25-18(4,5)6;1-12(2,3)8-9(14)6-7-13-10(15)4-5-11(13)16/h7-8,12H,9-11H2,1-6H3,(H,19,24);4-5H,6-8H2,1-3H3. The van der Waals surface area contributed by atoms with Gasteiger partial charge in [-0.2, -0.15) is 0 Å². The molecule has 1 N–H and O–H groups in total. The van der Waals surface area contributed by atoms with Crippen LogP contribution in [0.4, 0.5) is 4.79 Å². The van der Waals surface area contributed by atoms with Crippen molar-refractivity contribution in [2.45, 2.75) is 99.6 Å². The van der Waals surface area contributed by atoms with Crippen molar-refractivity contribution in [2.24, 2.45) is 10.8 Å². The number of ketones is 2. The summed E-state index contributed by atoms with van der Waals surface area (Å²) >= 11 is 0. The third kappa shape index (κ3) is 14.0. The lowest BCUT2D eigenvalue weighted by Gasteiger charge is -2.28. The van der Waals surface area contributed by atoms with E-state index in [1.807, 2.05) is 41.5 Å². The molecular formula is C30H45N3O8. The first kappa shape index (κ1) is 35.4. The van der Waals surface area contributed by atoms with E-state index in [4.69, 9.17) is 4.74 Å². The van der Waals surface area contributed by atoms with Crippen LogP contribution in [0.1, 0.15) is 88.0 Å². The topological polar surface area (TPSA) is 147 Å². The summed E-state index contributed by atoms with van der Waals surface area (Å²) in [6.45, 7) is 17.1. The molecule has 0 radical (unpaired) electrons. The van der Waals surface area contributed by atoms with Crippen LogP contribution in [0.3, 0.4) is 0 Å². The fourth-order valence-corrected chi connectivity index (χ4v) is 4.04. The van der Waals surface area contributed by atoms with Crippen LogP contribution in [0.25, 0.3) is 0 Å². The predicted molar refractivity (Wildman–Crippen MR) is 152 cm³/mol. The Labute approximate surface area is 242 Å². The van der Waals surface area contributed by atoms with E-state index in [1.54, 1.807) is 20.8 Å². The van der Waals surface area contributed by atoms with Crippen LogP contribution in [0.2, 0.25) is 0 Å². The zero-order valence-corrected chi connectivity index (χ0v) is 25.8. The van der Waals surface area contributed by atoms with Gasteiger partial charge < -0.3 is 10.1 Å². The number of hydrogen-bond acceptors (Lipinski definition) is 8. The molecule has 41 heavy (non-hydrogen) atoms. The molecule has 1 unspecified atom stereocenters. The molecule has 0 bridgehead atoms. The summed E-state index contributed by atoms with van der Waals surface area (Å²) in [5, 5.41) is 2.54. The van der Waals surface area contributed by atoms with Crippen molar-refractivity contribution in [3.05, 3.63) is 24.3 Å². The van der Waals surface area contributed by atoms with Gasteiger partial charge in [-0.3, -0.25) is 38.6 Å². The lowest BCUT2D eigenvalue weighted by molar-refractivity contribution is -0.141. The molecule has 11 nitrogen and oxygen atoms in total. The molecule has 0 fully saturated rings. The first-order chi connectivity index (χ1) is 18.6. The van der Waals surface area contributed by atoms with Crippen LogP contribution in [0.15, 0.2) is 24.3 Å². The molecule has 2 aliphatic rings. The Morgan fingerprint density at radius 2 is 1.17 bits per heavy atom. The quantitative estimate of drug-likeness (QED) is 0.389. The van der Waals surface area contributed by atoms with Crippen molar-refractivity contribution >= 4 is 41.3 Å². The lowest BCUT2D eigenvalue weighted by atomic mass is 9.88. The maximum absolute atomic E-state index is 12.3. The number of Topliss-reactive ketones (excluding diaryl/α,β-unsaturated/α-hetero) is 2. The molecule has 0 saturated heterocycles. The monoisotopic (exact) mass is 575 g/mol. The van der Waals surface area contributed by atoms with Crippen LogP contribution >= 0.6 is 0 Å². The zero-order valence-electron chi connectivity index (χ0n) is 25.8. The average Bonchev–Trinajstić information content (AvgIpc) is 3.26. The third-order valence-corrected chi connectivity index (χ3v) is 5.52. The Kier molecular flexibility index (Phi) is 12.4. The number of amides is 5. The van der Waals surface area contributed by atoms with Crippen molar-refractivity contribution in [3.63, 3.8) is 0 Å². The number of ether oxygens (including phenoxy) is 1. The van der Waals surface area contributed by atoms with Crippen molar-refractivity contribution < 1.29 is 38.3 Å². The highest BCUT2D eigenvalue weighted by Gasteiger charge is 2.34. The second-order valence-corrected chi connectivity index (χ2v) is 13.6. The highest BCUT2D eigenvalue weighted by atomic mass is 16.6. The summed E-state index contributed by atoms with van der Waals surface area (Å²) in [6.07, 6.45) is 5.16.